The summed E-state index contributed by atoms with van der Waals surface area (Å²) in [5.74, 6) is -18.8. The van der Waals surface area contributed by atoms with Crippen LogP contribution < -0.4 is 0 Å². The number of rotatable bonds is 33. The molecule has 0 saturated heterocycles. The van der Waals surface area contributed by atoms with Gasteiger partial charge in [0.2, 0.25) is 0 Å². The van der Waals surface area contributed by atoms with Crippen LogP contribution in [0.15, 0.2) is 122 Å². The smallest absolute Gasteiger partial charge is 0.331 e. The number of aliphatic carboxylic acids is 9. The number of carbonyl (C=O) groups is 10. The molecule has 1 unspecified atom stereocenters. The molecular weight excluding hydrogens is 936 g/mol. The molecule has 0 saturated carbocycles. The molecule has 14 N–H and O–H groups in total. The van der Waals surface area contributed by atoms with E-state index in [1.165, 1.54) is 0 Å². The second kappa shape index (κ2) is 27.2. The van der Waals surface area contributed by atoms with Gasteiger partial charge >= 0.3 is 59.7 Å². The molecule has 0 heterocycles. The minimum atomic E-state index is -3.31. The van der Waals surface area contributed by atoms with Crippen molar-refractivity contribution >= 4 is 59.7 Å². The highest BCUT2D eigenvalue weighted by Crippen LogP contribution is 2.56. The van der Waals surface area contributed by atoms with E-state index in [0.717, 1.165) is 0 Å². The number of carbonyl (C=O) groups excluding carboxylic acids is 1. The largest absolute Gasteiger partial charge is 0.485 e. The lowest BCUT2D eigenvalue weighted by Crippen LogP contribution is -2.65. The van der Waals surface area contributed by atoms with Gasteiger partial charge in [-0.05, 0) is 24.3 Å². The molecule has 27 nitrogen and oxygen atoms in total. The molecule has 0 aromatic carbocycles. The van der Waals surface area contributed by atoms with E-state index in [1.54, 1.807) is 0 Å². The maximum Gasteiger partial charge on any atom is 0.331 e. The lowest BCUT2D eigenvalue weighted by atomic mass is 9.50. The van der Waals surface area contributed by atoms with Crippen LogP contribution >= 0.6 is 0 Å². The Morgan fingerprint density at radius 2 is 0.638 bits per heavy atom. The Bertz CT molecular complexity index is 2070. The third kappa shape index (κ3) is 16.1. The Hall–Kier alpha value is -8.50. The predicted octanol–water partition coefficient (Wildman–Crippen LogP) is -1.81. The molecule has 0 aliphatic rings. The Morgan fingerprint density at radius 1 is 0.348 bits per heavy atom. The van der Waals surface area contributed by atoms with Crippen LogP contribution in [0.2, 0.25) is 0 Å². The van der Waals surface area contributed by atoms with Crippen molar-refractivity contribution in [2.75, 3.05) is 39.6 Å². The molecule has 0 bridgehead atoms. The first-order chi connectivity index (χ1) is 32.2. The zero-order valence-electron chi connectivity index (χ0n) is 35.4. The van der Waals surface area contributed by atoms with Crippen molar-refractivity contribution in [2.24, 2.45) is 21.7 Å². The number of esters is 1. The van der Waals surface area contributed by atoms with Crippen molar-refractivity contribution < 1.29 is 134 Å². The maximum absolute atomic E-state index is 14.1. The number of aliphatic hydroxyl groups is 5. The van der Waals surface area contributed by atoms with Gasteiger partial charge in [0.25, 0.3) is 0 Å². The van der Waals surface area contributed by atoms with E-state index in [-0.39, 0.29) is 73.3 Å². The Balaban J connectivity index is 9.56. The molecule has 69 heavy (non-hydrogen) atoms. The number of carboxylic acid groups (broad SMARTS) is 9. The summed E-state index contributed by atoms with van der Waals surface area (Å²) in [6.45, 7) is -9.40. The molecule has 1 atom stereocenters. The second-order valence-electron chi connectivity index (χ2n) is 13.8. The quantitative estimate of drug-likeness (QED) is 0.0196. The van der Waals surface area contributed by atoms with Crippen LogP contribution in [0.1, 0.15) is 0 Å². The van der Waals surface area contributed by atoms with Crippen LogP contribution in [0.5, 0.6) is 0 Å². The van der Waals surface area contributed by atoms with E-state index in [1.807, 2.05) is 0 Å². The standard InChI is InChI=1S/C42H46O27/c43-21-38(22-44,23-45)39(24-46,14-3-29(52)53)37(11-1-27(48)49,12-2-28(50)51)13-8-36(66)67-26-40(25-47,41(15-4-30(54)55,16-5-31(56)57)68-19-9-34(62)63)42(17-6-32(58)59,18-7-33(60)61)69-20-10-35(64)65/h1-20,43-47H,21-26H2,(H,48,49)(H,50,51)(H,52,53)(H,54,55)(H,56,57)(H,58,59)(H,60,61)(H,62,63)(H,64,65). The molecule has 0 aromatic heterocycles. The molecule has 0 spiro atoms. The molecule has 0 rings (SSSR count). The molecule has 376 valence electrons. The third-order valence-corrected chi connectivity index (χ3v) is 9.95. The van der Waals surface area contributed by atoms with Crippen LogP contribution in [0, 0.1) is 21.7 Å². The summed E-state index contributed by atoms with van der Waals surface area (Å²) in [7, 11) is 0. The first-order valence-corrected chi connectivity index (χ1v) is 18.7. The van der Waals surface area contributed by atoms with Crippen molar-refractivity contribution in [2.45, 2.75) is 11.2 Å². The molecule has 27 heteroatoms. The summed E-state index contributed by atoms with van der Waals surface area (Å²) in [4.78, 5) is 121. The van der Waals surface area contributed by atoms with Crippen LogP contribution in [0.3, 0.4) is 0 Å². The highest BCUT2D eigenvalue weighted by molar-refractivity contribution is 5.86. The fourth-order valence-electron chi connectivity index (χ4n) is 6.55. The zero-order chi connectivity index (χ0) is 53.3. The Kier molecular flexibility index (Phi) is 23.9. The number of allylic oxidation sites excluding steroid dienone is 3. The van der Waals surface area contributed by atoms with Crippen LogP contribution in [0.4, 0.5) is 0 Å². The van der Waals surface area contributed by atoms with Gasteiger partial charge in [-0.1, -0.05) is 24.3 Å². The molecule has 0 radical (unpaired) electrons. The van der Waals surface area contributed by atoms with Gasteiger partial charge in [-0.2, -0.15) is 0 Å². The maximum atomic E-state index is 14.1. The molecule has 0 aliphatic heterocycles. The lowest BCUT2D eigenvalue weighted by molar-refractivity contribution is -0.180. The minimum Gasteiger partial charge on any atom is -0.485 e. The summed E-state index contributed by atoms with van der Waals surface area (Å²) in [5.41, 5.74) is -18.1. The summed E-state index contributed by atoms with van der Waals surface area (Å²) in [5, 5.41) is 141. The van der Waals surface area contributed by atoms with Crippen LogP contribution in [-0.4, -0.2) is 182 Å². The van der Waals surface area contributed by atoms with Crippen molar-refractivity contribution in [1.29, 1.82) is 0 Å². The van der Waals surface area contributed by atoms with Crippen molar-refractivity contribution in [3.05, 3.63) is 122 Å². The van der Waals surface area contributed by atoms with E-state index in [9.17, 15) is 119 Å². The normalized spacial score (nSPS) is 17.1. The van der Waals surface area contributed by atoms with Crippen molar-refractivity contribution in [3.63, 3.8) is 0 Å². The fraction of sp³-hybridized carbons (Fsp3) is 0.286. The first-order valence-electron chi connectivity index (χ1n) is 18.7. The van der Waals surface area contributed by atoms with E-state index in [4.69, 9.17) is 14.2 Å². The lowest BCUT2D eigenvalue weighted by Gasteiger charge is -2.54. The minimum absolute atomic E-state index is 0.138. The monoisotopic (exact) mass is 982 g/mol. The van der Waals surface area contributed by atoms with Gasteiger partial charge in [0.15, 0.2) is 11.2 Å². The predicted molar refractivity (Wildman–Crippen MR) is 224 cm³/mol. The molecule has 0 aromatic rings. The van der Waals surface area contributed by atoms with Gasteiger partial charge in [0.05, 0.1) is 63.1 Å². The summed E-state index contributed by atoms with van der Waals surface area (Å²) < 4.78 is 16.6. The molecule has 0 amide bonds. The van der Waals surface area contributed by atoms with E-state index < -0.39 is 132 Å². The van der Waals surface area contributed by atoms with Crippen LogP contribution in [0.25, 0.3) is 0 Å². The Morgan fingerprint density at radius 3 is 0.913 bits per heavy atom. The average Bonchev–Trinajstić information content (AvgIpc) is 3.27. The highest BCUT2D eigenvalue weighted by atomic mass is 16.6. The summed E-state index contributed by atoms with van der Waals surface area (Å²) in [6.07, 6.45) is 5.55. The number of carboxylic acids is 9. The van der Waals surface area contributed by atoms with Gasteiger partial charge in [0.1, 0.15) is 12.0 Å². The summed E-state index contributed by atoms with van der Waals surface area (Å²) in [6, 6.07) is 0. The topological polar surface area (TPSA) is 482 Å². The number of hydrogen-bond donors (Lipinski definition) is 14. The van der Waals surface area contributed by atoms with E-state index in [2.05, 4.69) is 0 Å². The SMILES string of the molecule is O=C(O)C=COC(C=CC(=O)O)(C=CC(=O)O)C(CO)(COC(=O)C=CC(C=CC(=O)O)(C=CC(=O)O)C(C=CC(=O)O)(CO)C(CO)(CO)CO)C(C=CC(=O)O)(C=CC(=O)O)OC=CC(=O)O. The van der Waals surface area contributed by atoms with Crippen molar-refractivity contribution in [1.82, 2.24) is 0 Å². The van der Waals surface area contributed by atoms with Crippen molar-refractivity contribution in [3.8, 4) is 0 Å². The van der Waals surface area contributed by atoms with E-state index in [0.29, 0.717) is 48.6 Å². The van der Waals surface area contributed by atoms with Crippen LogP contribution in [-0.2, 0) is 62.2 Å². The second-order valence-corrected chi connectivity index (χ2v) is 13.8. The van der Waals surface area contributed by atoms with Gasteiger partial charge in [-0.25, -0.2) is 47.9 Å². The third-order valence-electron chi connectivity index (χ3n) is 9.95. The molecular formula is C42H46O27. The highest BCUT2D eigenvalue weighted by Gasteiger charge is 2.64. The first kappa shape index (κ1) is 60.5. The van der Waals surface area contributed by atoms with Gasteiger partial charge in [0, 0.05) is 59.4 Å². The fourth-order valence-corrected chi connectivity index (χ4v) is 6.55. The van der Waals surface area contributed by atoms with Gasteiger partial charge in [-0.3, -0.25) is 0 Å². The summed E-state index contributed by atoms with van der Waals surface area (Å²) >= 11 is 0. The van der Waals surface area contributed by atoms with Gasteiger partial charge < -0.3 is 85.7 Å². The number of hydrogen-bond acceptors (Lipinski definition) is 18. The average molecular weight is 983 g/mol. The molecule has 0 aliphatic carbocycles. The number of aliphatic hydroxyl groups excluding tert-OH is 5. The van der Waals surface area contributed by atoms with E-state index >= 15 is 0 Å². The zero-order valence-corrected chi connectivity index (χ0v) is 35.4. The molecule has 0 fully saturated rings. The van der Waals surface area contributed by atoms with Gasteiger partial charge in [-0.15, -0.1) is 0 Å². The Labute approximate surface area is 387 Å². The number of ether oxygens (including phenoxy) is 3.